The third-order valence-corrected chi connectivity index (χ3v) is 1.04. The quantitative estimate of drug-likeness (QED) is 0.566. The van der Waals surface area contributed by atoms with Crippen molar-refractivity contribution in [2.75, 3.05) is 6.54 Å². The molecule has 0 bridgehead atoms. The Morgan fingerprint density at radius 3 is 3.09 bits per heavy atom. The van der Waals surface area contributed by atoms with Gasteiger partial charge in [-0.2, -0.15) is 0 Å². The van der Waals surface area contributed by atoms with Crippen molar-refractivity contribution in [3.8, 4) is 0 Å². The number of carbonyl (C=O) groups is 1. The van der Waals surface area contributed by atoms with Crippen LogP contribution in [0.2, 0.25) is 0 Å². The first kappa shape index (κ1) is 7.64. The van der Waals surface area contributed by atoms with Gasteiger partial charge in [0.25, 0.3) is 0 Å². The van der Waals surface area contributed by atoms with Gasteiger partial charge < -0.3 is 5.32 Å². The molecule has 6 heteroatoms. The van der Waals surface area contributed by atoms with Crippen molar-refractivity contribution in [1.82, 2.24) is 25.9 Å². The minimum absolute atomic E-state index is 0.140. The van der Waals surface area contributed by atoms with Crippen LogP contribution in [-0.4, -0.2) is 33.1 Å². The van der Waals surface area contributed by atoms with Crippen LogP contribution in [0.25, 0.3) is 0 Å². The highest BCUT2D eigenvalue weighted by Gasteiger charge is 2.03. The lowest BCUT2D eigenvalue weighted by atomic mass is 10.4. The Morgan fingerprint density at radius 2 is 2.55 bits per heavy atom. The minimum Gasteiger partial charge on any atom is -0.356 e. The third-order valence-electron chi connectivity index (χ3n) is 1.04. The number of aromatic nitrogens is 4. The van der Waals surface area contributed by atoms with E-state index in [1.165, 1.54) is 0 Å². The number of hydrogen-bond acceptors (Lipinski definition) is 4. The SMILES string of the molecule is [CH2]CNC(=O)Cc1nnn[nH]1. The van der Waals surface area contributed by atoms with Crippen molar-refractivity contribution >= 4 is 5.91 Å². The third kappa shape index (κ3) is 2.32. The largest absolute Gasteiger partial charge is 0.356 e. The van der Waals surface area contributed by atoms with E-state index in [9.17, 15) is 4.79 Å². The van der Waals surface area contributed by atoms with E-state index in [1.807, 2.05) is 0 Å². The molecule has 1 radical (unpaired) electrons. The fourth-order valence-electron chi connectivity index (χ4n) is 0.608. The molecule has 0 spiro atoms. The average molecular weight is 154 g/mol. The van der Waals surface area contributed by atoms with Gasteiger partial charge in [-0.3, -0.25) is 4.79 Å². The fourth-order valence-corrected chi connectivity index (χ4v) is 0.608. The molecule has 0 saturated carbocycles. The van der Waals surface area contributed by atoms with Crippen LogP contribution in [0.1, 0.15) is 5.82 Å². The molecule has 11 heavy (non-hydrogen) atoms. The molecule has 1 rings (SSSR count). The van der Waals surface area contributed by atoms with E-state index in [-0.39, 0.29) is 12.3 Å². The number of aromatic amines is 1. The van der Waals surface area contributed by atoms with Crippen LogP contribution in [0.4, 0.5) is 0 Å². The summed E-state index contributed by atoms with van der Waals surface area (Å²) in [5, 5.41) is 15.2. The van der Waals surface area contributed by atoms with Gasteiger partial charge in [0.1, 0.15) is 0 Å². The predicted molar refractivity (Wildman–Crippen MR) is 36.2 cm³/mol. The number of H-pyrrole nitrogens is 1. The topological polar surface area (TPSA) is 83.6 Å². The maximum absolute atomic E-state index is 10.8. The fraction of sp³-hybridized carbons (Fsp3) is 0.400. The number of nitrogens with zero attached hydrogens (tertiary/aromatic N) is 3. The van der Waals surface area contributed by atoms with Gasteiger partial charge in [0.15, 0.2) is 5.82 Å². The van der Waals surface area contributed by atoms with Crippen LogP contribution in [0.3, 0.4) is 0 Å². The number of tetrazole rings is 1. The zero-order valence-electron chi connectivity index (χ0n) is 5.87. The molecular weight excluding hydrogens is 146 g/mol. The van der Waals surface area contributed by atoms with E-state index >= 15 is 0 Å². The first-order valence-corrected chi connectivity index (χ1v) is 3.11. The van der Waals surface area contributed by atoms with Crippen molar-refractivity contribution in [2.45, 2.75) is 6.42 Å². The molecule has 59 valence electrons. The van der Waals surface area contributed by atoms with Gasteiger partial charge in [0.2, 0.25) is 5.91 Å². The summed E-state index contributed by atoms with van der Waals surface area (Å²) in [5.41, 5.74) is 0. The van der Waals surface area contributed by atoms with E-state index < -0.39 is 0 Å². The summed E-state index contributed by atoms with van der Waals surface area (Å²) in [4.78, 5) is 10.8. The Hall–Kier alpha value is -1.46. The number of nitrogens with one attached hydrogen (secondary N) is 2. The van der Waals surface area contributed by atoms with Gasteiger partial charge in [-0.05, 0) is 17.4 Å². The molecule has 0 atom stereocenters. The summed E-state index contributed by atoms with van der Waals surface area (Å²) < 4.78 is 0. The Bertz CT molecular complexity index is 219. The minimum atomic E-state index is -0.140. The molecule has 0 saturated heterocycles. The zero-order chi connectivity index (χ0) is 8.10. The molecule has 2 N–H and O–H groups in total. The molecule has 6 nitrogen and oxygen atoms in total. The molecular formula is C5H8N5O. The van der Waals surface area contributed by atoms with Gasteiger partial charge in [-0.1, -0.05) is 0 Å². The number of rotatable bonds is 3. The molecule has 1 amide bonds. The van der Waals surface area contributed by atoms with Gasteiger partial charge in [0, 0.05) is 6.54 Å². The lowest BCUT2D eigenvalue weighted by molar-refractivity contribution is -0.120. The summed E-state index contributed by atoms with van der Waals surface area (Å²) in [6, 6.07) is 0. The normalized spacial score (nSPS) is 9.55. The van der Waals surface area contributed by atoms with Crippen molar-refractivity contribution in [3.63, 3.8) is 0 Å². The molecule has 0 aliphatic rings. The van der Waals surface area contributed by atoms with Crippen molar-refractivity contribution in [1.29, 1.82) is 0 Å². The first-order valence-electron chi connectivity index (χ1n) is 3.11. The molecule has 1 heterocycles. The molecule has 0 unspecified atom stereocenters. The average Bonchev–Trinajstić information content (AvgIpc) is 2.40. The Labute approximate surface area is 63.4 Å². The summed E-state index contributed by atoms with van der Waals surface area (Å²) in [6.45, 7) is 3.84. The Balaban J connectivity index is 2.37. The standard InChI is InChI=1S/C5H8N5O/c1-2-6-5(11)3-4-7-9-10-8-4/h1-3H2,(H,6,11)(H,7,8,9,10). The second-order valence-corrected chi connectivity index (χ2v) is 1.87. The lowest BCUT2D eigenvalue weighted by Gasteiger charge is -1.96. The van der Waals surface area contributed by atoms with Crippen molar-refractivity contribution in [3.05, 3.63) is 12.7 Å². The second kappa shape index (κ2) is 3.65. The van der Waals surface area contributed by atoms with Gasteiger partial charge in [-0.15, -0.1) is 5.10 Å². The number of amides is 1. The number of hydrogen-bond donors (Lipinski definition) is 2. The van der Waals surface area contributed by atoms with E-state index in [2.05, 4.69) is 32.9 Å². The highest BCUT2D eigenvalue weighted by Crippen LogP contribution is 1.84. The van der Waals surface area contributed by atoms with Crippen LogP contribution >= 0.6 is 0 Å². The van der Waals surface area contributed by atoms with E-state index in [0.717, 1.165) is 0 Å². The van der Waals surface area contributed by atoms with Crippen LogP contribution in [0.15, 0.2) is 0 Å². The van der Waals surface area contributed by atoms with Crippen LogP contribution < -0.4 is 5.32 Å². The molecule has 0 aliphatic carbocycles. The molecule has 1 aromatic heterocycles. The molecule has 0 aromatic carbocycles. The Morgan fingerprint density at radius 1 is 1.73 bits per heavy atom. The summed E-state index contributed by atoms with van der Waals surface area (Å²) in [6.07, 6.45) is 0.169. The van der Waals surface area contributed by atoms with Crippen LogP contribution in [0.5, 0.6) is 0 Å². The lowest BCUT2D eigenvalue weighted by Crippen LogP contribution is -2.25. The van der Waals surface area contributed by atoms with Gasteiger partial charge in [0.05, 0.1) is 6.42 Å². The van der Waals surface area contributed by atoms with Crippen molar-refractivity contribution < 1.29 is 4.79 Å². The Kier molecular flexibility index (Phi) is 2.53. The van der Waals surface area contributed by atoms with Crippen LogP contribution in [-0.2, 0) is 11.2 Å². The van der Waals surface area contributed by atoms with Gasteiger partial charge >= 0.3 is 0 Å². The maximum atomic E-state index is 10.8. The second-order valence-electron chi connectivity index (χ2n) is 1.87. The molecule has 0 fully saturated rings. The monoisotopic (exact) mass is 154 g/mol. The summed E-state index contributed by atoms with van der Waals surface area (Å²) in [5.74, 6) is 0.314. The highest BCUT2D eigenvalue weighted by atomic mass is 16.1. The zero-order valence-corrected chi connectivity index (χ0v) is 5.87. The van der Waals surface area contributed by atoms with Crippen molar-refractivity contribution in [2.24, 2.45) is 0 Å². The smallest absolute Gasteiger partial charge is 0.227 e. The maximum Gasteiger partial charge on any atom is 0.227 e. The first-order chi connectivity index (χ1) is 5.33. The van der Waals surface area contributed by atoms with Crippen LogP contribution in [0, 0.1) is 6.92 Å². The highest BCUT2D eigenvalue weighted by molar-refractivity contribution is 5.77. The summed E-state index contributed by atoms with van der Waals surface area (Å²) in [7, 11) is 0. The van der Waals surface area contributed by atoms with E-state index in [0.29, 0.717) is 12.4 Å². The number of carbonyl (C=O) groups excluding carboxylic acids is 1. The predicted octanol–water partition coefficient (Wildman–Crippen LogP) is -1.31. The summed E-state index contributed by atoms with van der Waals surface area (Å²) >= 11 is 0. The van der Waals surface area contributed by atoms with E-state index in [4.69, 9.17) is 0 Å². The van der Waals surface area contributed by atoms with E-state index in [1.54, 1.807) is 0 Å². The molecule has 1 aromatic rings. The van der Waals surface area contributed by atoms with Gasteiger partial charge in [-0.25, -0.2) is 5.10 Å². The molecule has 0 aliphatic heterocycles.